The number of nitrogens with one attached hydrogen (secondary N) is 1. The van der Waals surface area contributed by atoms with E-state index in [4.69, 9.17) is 11.6 Å². The normalized spacial score (nSPS) is 18.2. The first-order chi connectivity index (χ1) is 9.45. The second-order valence-corrected chi connectivity index (χ2v) is 6.68. The number of hydrogen-bond donors (Lipinski definition) is 2. The van der Waals surface area contributed by atoms with Gasteiger partial charge < -0.3 is 10.4 Å². The van der Waals surface area contributed by atoms with Gasteiger partial charge in [-0.1, -0.05) is 11.6 Å². The maximum absolute atomic E-state index is 9.56. The molecule has 114 valence electrons. The first kappa shape index (κ1) is 15.8. The van der Waals surface area contributed by atoms with Crippen molar-refractivity contribution in [1.29, 1.82) is 0 Å². The predicted molar refractivity (Wildman–Crippen MR) is 82.2 cm³/mol. The molecule has 0 amide bonds. The van der Waals surface area contributed by atoms with Crippen LogP contribution in [0.5, 0.6) is 0 Å². The molecule has 4 nitrogen and oxygen atoms in total. The van der Waals surface area contributed by atoms with Gasteiger partial charge in [0.2, 0.25) is 0 Å². The Labute approximate surface area is 126 Å². The van der Waals surface area contributed by atoms with E-state index >= 15 is 0 Å². The summed E-state index contributed by atoms with van der Waals surface area (Å²) < 4.78 is 1.99. The minimum absolute atomic E-state index is 0.131. The molecule has 5 heteroatoms. The van der Waals surface area contributed by atoms with Gasteiger partial charge in [-0.15, -0.1) is 0 Å². The second kappa shape index (κ2) is 6.46. The average molecular weight is 300 g/mol. The molecule has 2 N–H and O–H groups in total. The van der Waals surface area contributed by atoms with Crippen molar-refractivity contribution in [2.75, 3.05) is 6.61 Å². The van der Waals surface area contributed by atoms with Gasteiger partial charge in [-0.3, -0.25) is 4.68 Å². The van der Waals surface area contributed by atoms with Gasteiger partial charge in [-0.05, 0) is 52.9 Å². The highest BCUT2D eigenvalue weighted by molar-refractivity contribution is 6.31. The number of hydrogen-bond acceptors (Lipinski definition) is 3. The summed E-state index contributed by atoms with van der Waals surface area (Å²) in [6.07, 6.45) is 5.62. The van der Waals surface area contributed by atoms with E-state index in [9.17, 15) is 5.11 Å². The lowest BCUT2D eigenvalue weighted by atomic mass is 9.95. The average Bonchev–Trinajstić information content (AvgIpc) is 3.19. The Morgan fingerprint density at radius 1 is 1.40 bits per heavy atom. The van der Waals surface area contributed by atoms with Crippen molar-refractivity contribution in [3.63, 3.8) is 0 Å². The molecular formula is C15H26ClN3O. The zero-order valence-corrected chi connectivity index (χ0v) is 13.5. The lowest BCUT2D eigenvalue weighted by Gasteiger charge is -2.29. The first-order valence-corrected chi connectivity index (χ1v) is 7.91. The number of halogens is 1. The highest BCUT2D eigenvalue weighted by Gasteiger charge is 2.31. The maximum atomic E-state index is 9.56. The van der Waals surface area contributed by atoms with Gasteiger partial charge in [0.1, 0.15) is 0 Å². The zero-order chi connectivity index (χ0) is 14.8. The van der Waals surface area contributed by atoms with Crippen molar-refractivity contribution in [2.24, 2.45) is 0 Å². The lowest BCUT2D eigenvalue weighted by Crippen LogP contribution is -2.46. The van der Waals surface area contributed by atoms with Crippen molar-refractivity contribution in [3.05, 3.63) is 16.4 Å². The number of aryl methyl sites for hydroxylation is 2. The Balaban J connectivity index is 1.76. The Morgan fingerprint density at radius 2 is 2.10 bits per heavy atom. The summed E-state index contributed by atoms with van der Waals surface area (Å²) in [5.74, 6) is 0. The predicted octanol–water partition coefficient (Wildman–Crippen LogP) is 2.83. The van der Waals surface area contributed by atoms with Crippen LogP contribution < -0.4 is 5.32 Å². The van der Waals surface area contributed by atoms with Crippen molar-refractivity contribution < 1.29 is 5.11 Å². The molecule has 0 saturated heterocycles. The fourth-order valence-electron chi connectivity index (χ4n) is 2.59. The molecule has 0 bridgehead atoms. The molecule has 2 rings (SSSR count). The van der Waals surface area contributed by atoms with Crippen LogP contribution in [0.15, 0.2) is 0 Å². The Bertz CT molecular complexity index is 456. The standard InChI is InChI=1S/C15H26ClN3O/c1-11-14(16)12(2)19(18-11)9-5-4-8-15(3,10-20)17-13-6-7-13/h13,17,20H,4-10H2,1-3H3. The first-order valence-electron chi connectivity index (χ1n) is 7.53. The van der Waals surface area contributed by atoms with E-state index in [0.29, 0.717) is 6.04 Å². The largest absolute Gasteiger partial charge is 0.394 e. The van der Waals surface area contributed by atoms with Crippen LogP contribution in [0.1, 0.15) is 50.4 Å². The van der Waals surface area contributed by atoms with Crippen LogP contribution in [0.4, 0.5) is 0 Å². The highest BCUT2D eigenvalue weighted by atomic mass is 35.5. The van der Waals surface area contributed by atoms with Crippen molar-refractivity contribution in [3.8, 4) is 0 Å². The van der Waals surface area contributed by atoms with E-state index < -0.39 is 0 Å². The van der Waals surface area contributed by atoms with E-state index in [2.05, 4.69) is 17.3 Å². The van der Waals surface area contributed by atoms with Crippen molar-refractivity contribution in [2.45, 2.75) is 71.0 Å². The van der Waals surface area contributed by atoms with Crippen LogP contribution in [0.2, 0.25) is 5.02 Å². The fraction of sp³-hybridized carbons (Fsp3) is 0.800. The summed E-state index contributed by atoms with van der Waals surface area (Å²) in [7, 11) is 0. The van der Waals surface area contributed by atoms with Crippen LogP contribution >= 0.6 is 11.6 Å². The Morgan fingerprint density at radius 3 is 2.60 bits per heavy atom. The Kier molecular flexibility index (Phi) is 5.10. The molecule has 1 saturated carbocycles. The number of aromatic nitrogens is 2. The van der Waals surface area contributed by atoms with Gasteiger partial charge in [-0.2, -0.15) is 5.10 Å². The summed E-state index contributed by atoms with van der Waals surface area (Å²) in [4.78, 5) is 0. The summed E-state index contributed by atoms with van der Waals surface area (Å²) in [6.45, 7) is 7.16. The number of aliphatic hydroxyl groups is 1. The zero-order valence-electron chi connectivity index (χ0n) is 12.7. The molecule has 1 aliphatic carbocycles. The lowest BCUT2D eigenvalue weighted by molar-refractivity contribution is 0.160. The summed E-state index contributed by atoms with van der Waals surface area (Å²) in [5.41, 5.74) is 1.82. The van der Waals surface area contributed by atoms with E-state index in [0.717, 1.165) is 42.2 Å². The molecule has 1 aromatic rings. The van der Waals surface area contributed by atoms with Gasteiger partial charge in [0.05, 0.1) is 23.0 Å². The summed E-state index contributed by atoms with van der Waals surface area (Å²) >= 11 is 6.14. The number of aliphatic hydroxyl groups excluding tert-OH is 1. The molecule has 0 spiro atoms. The van der Waals surface area contributed by atoms with Crippen LogP contribution in [0.25, 0.3) is 0 Å². The summed E-state index contributed by atoms with van der Waals surface area (Å²) in [5, 5.41) is 18.3. The smallest absolute Gasteiger partial charge is 0.0844 e. The number of nitrogens with zero attached hydrogens (tertiary/aromatic N) is 2. The van der Waals surface area contributed by atoms with Gasteiger partial charge in [-0.25, -0.2) is 0 Å². The van der Waals surface area contributed by atoms with E-state index in [-0.39, 0.29) is 12.1 Å². The molecule has 1 atom stereocenters. The second-order valence-electron chi connectivity index (χ2n) is 6.30. The van der Waals surface area contributed by atoms with Crippen LogP contribution in [0, 0.1) is 13.8 Å². The molecule has 1 aliphatic rings. The van der Waals surface area contributed by atoms with Crippen molar-refractivity contribution in [1.82, 2.24) is 15.1 Å². The van der Waals surface area contributed by atoms with Crippen LogP contribution in [0.3, 0.4) is 0 Å². The molecule has 0 radical (unpaired) electrons. The summed E-state index contributed by atoms with van der Waals surface area (Å²) in [6, 6.07) is 0.627. The number of rotatable bonds is 8. The molecule has 0 aliphatic heterocycles. The van der Waals surface area contributed by atoms with Gasteiger partial charge in [0, 0.05) is 18.1 Å². The van der Waals surface area contributed by atoms with E-state index in [1.165, 1.54) is 12.8 Å². The number of unbranched alkanes of at least 4 members (excludes halogenated alkanes) is 1. The molecular weight excluding hydrogens is 274 g/mol. The van der Waals surface area contributed by atoms with Gasteiger partial charge in [0.25, 0.3) is 0 Å². The third kappa shape index (κ3) is 3.96. The van der Waals surface area contributed by atoms with E-state index in [1.807, 2.05) is 18.5 Å². The molecule has 1 fully saturated rings. The van der Waals surface area contributed by atoms with Crippen LogP contribution in [-0.4, -0.2) is 33.1 Å². The molecule has 1 unspecified atom stereocenters. The maximum Gasteiger partial charge on any atom is 0.0844 e. The minimum Gasteiger partial charge on any atom is -0.394 e. The van der Waals surface area contributed by atoms with Gasteiger partial charge >= 0.3 is 0 Å². The van der Waals surface area contributed by atoms with Crippen molar-refractivity contribution >= 4 is 11.6 Å². The third-order valence-corrected chi connectivity index (χ3v) is 4.67. The topological polar surface area (TPSA) is 50.1 Å². The molecule has 1 heterocycles. The minimum atomic E-state index is -0.131. The highest BCUT2D eigenvalue weighted by Crippen LogP contribution is 2.25. The van der Waals surface area contributed by atoms with E-state index in [1.54, 1.807) is 0 Å². The fourth-order valence-corrected chi connectivity index (χ4v) is 2.72. The van der Waals surface area contributed by atoms with Crippen LogP contribution in [-0.2, 0) is 6.54 Å². The van der Waals surface area contributed by atoms with Gasteiger partial charge in [0.15, 0.2) is 0 Å². The quantitative estimate of drug-likeness (QED) is 0.726. The molecule has 0 aromatic carbocycles. The Hall–Kier alpha value is -0.580. The molecule has 1 aromatic heterocycles. The third-order valence-electron chi connectivity index (χ3n) is 4.12. The molecule has 20 heavy (non-hydrogen) atoms. The monoisotopic (exact) mass is 299 g/mol. The SMILES string of the molecule is Cc1nn(CCCCC(C)(CO)NC2CC2)c(C)c1Cl.